The van der Waals surface area contributed by atoms with Crippen LogP contribution in [0.4, 0.5) is 9.59 Å². The summed E-state index contributed by atoms with van der Waals surface area (Å²) in [5.74, 6) is -0.742. The standard InChI is InChI=1S/C10H16N2O6/c1-10(2,3)18-7(13)6-4-5-11(8(14)15)12(6)9(16)17/h6H,4-5H2,1-3H3,(H,14,15)(H,16,17). The monoisotopic (exact) mass is 260 g/mol. The molecule has 0 aromatic rings. The number of esters is 1. The molecular weight excluding hydrogens is 244 g/mol. The maximum atomic E-state index is 11.8. The second kappa shape index (κ2) is 4.71. The minimum absolute atomic E-state index is 0.0501. The largest absolute Gasteiger partial charge is 0.464 e. The number of carbonyl (C=O) groups excluding carboxylic acids is 1. The van der Waals surface area contributed by atoms with E-state index in [1.165, 1.54) is 0 Å². The molecule has 8 nitrogen and oxygen atoms in total. The normalized spacial score (nSPS) is 19.8. The van der Waals surface area contributed by atoms with Crippen LogP contribution in [-0.2, 0) is 9.53 Å². The molecule has 0 spiro atoms. The smallest absolute Gasteiger partial charge is 0.427 e. The third-order valence-electron chi connectivity index (χ3n) is 2.27. The number of carbonyl (C=O) groups is 3. The highest BCUT2D eigenvalue weighted by Gasteiger charge is 2.44. The van der Waals surface area contributed by atoms with Gasteiger partial charge in [0.25, 0.3) is 0 Å². The molecular formula is C10H16N2O6. The summed E-state index contributed by atoms with van der Waals surface area (Å²) in [4.78, 5) is 33.6. The van der Waals surface area contributed by atoms with Gasteiger partial charge in [0.15, 0.2) is 6.04 Å². The summed E-state index contributed by atoms with van der Waals surface area (Å²) in [6, 6.07) is -1.11. The molecule has 2 N–H and O–H groups in total. The van der Waals surface area contributed by atoms with Gasteiger partial charge in [0.05, 0.1) is 0 Å². The molecule has 18 heavy (non-hydrogen) atoms. The highest BCUT2D eigenvalue weighted by Crippen LogP contribution is 2.22. The molecule has 102 valence electrons. The van der Waals surface area contributed by atoms with Crippen LogP contribution in [0.3, 0.4) is 0 Å². The molecule has 1 fully saturated rings. The van der Waals surface area contributed by atoms with Crippen molar-refractivity contribution >= 4 is 18.2 Å². The Morgan fingerprint density at radius 3 is 2.11 bits per heavy atom. The Kier molecular flexibility index (Phi) is 3.68. The van der Waals surface area contributed by atoms with E-state index in [0.717, 1.165) is 0 Å². The lowest BCUT2D eigenvalue weighted by atomic mass is 10.1. The summed E-state index contributed by atoms with van der Waals surface area (Å²) >= 11 is 0. The van der Waals surface area contributed by atoms with E-state index >= 15 is 0 Å². The number of nitrogens with zero attached hydrogens (tertiary/aromatic N) is 2. The van der Waals surface area contributed by atoms with E-state index in [-0.39, 0.29) is 13.0 Å². The van der Waals surface area contributed by atoms with Gasteiger partial charge < -0.3 is 14.9 Å². The van der Waals surface area contributed by atoms with Crippen LogP contribution in [0.1, 0.15) is 27.2 Å². The second-order valence-electron chi connectivity index (χ2n) is 4.87. The number of carboxylic acid groups (broad SMARTS) is 2. The molecule has 8 heteroatoms. The van der Waals surface area contributed by atoms with Crippen molar-refractivity contribution in [2.75, 3.05) is 6.54 Å². The molecule has 0 radical (unpaired) electrons. The molecule has 1 saturated heterocycles. The summed E-state index contributed by atoms with van der Waals surface area (Å²) in [6.45, 7) is 4.91. The molecule has 1 rings (SSSR count). The molecule has 2 amide bonds. The molecule has 1 atom stereocenters. The van der Waals surface area contributed by atoms with Crippen molar-refractivity contribution in [3.05, 3.63) is 0 Å². The summed E-state index contributed by atoms with van der Waals surface area (Å²) < 4.78 is 5.07. The van der Waals surface area contributed by atoms with Crippen molar-refractivity contribution in [1.29, 1.82) is 0 Å². The Labute approximate surface area is 104 Å². The lowest BCUT2D eigenvalue weighted by molar-refractivity contribution is -0.162. The van der Waals surface area contributed by atoms with Crippen LogP contribution >= 0.6 is 0 Å². The van der Waals surface area contributed by atoms with E-state index < -0.39 is 29.8 Å². The fourth-order valence-corrected chi connectivity index (χ4v) is 1.65. The first-order chi connectivity index (χ1) is 8.13. The molecule has 0 saturated carbocycles. The van der Waals surface area contributed by atoms with Gasteiger partial charge >= 0.3 is 18.2 Å². The first kappa shape index (κ1) is 14.1. The SMILES string of the molecule is CC(C)(C)OC(=O)C1CCN(C(=O)O)N1C(=O)O. The van der Waals surface area contributed by atoms with E-state index in [2.05, 4.69) is 0 Å². The Morgan fingerprint density at radius 2 is 1.72 bits per heavy atom. The molecule has 1 aliphatic rings. The van der Waals surface area contributed by atoms with E-state index in [1.807, 2.05) is 0 Å². The van der Waals surface area contributed by atoms with E-state index in [0.29, 0.717) is 10.0 Å². The van der Waals surface area contributed by atoms with Gasteiger partial charge in [-0.2, -0.15) is 5.01 Å². The first-order valence-electron chi connectivity index (χ1n) is 5.39. The van der Waals surface area contributed by atoms with E-state index in [4.69, 9.17) is 14.9 Å². The number of amides is 2. The van der Waals surface area contributed by atoms with Gasteiger partial charge in [0.2, 0.25) is 0 Å². The minimum Gasteiger partial charge on any atom is -0.464 e. The van der Waals surface area contributed by atoms with Crippen LogP contribution in [0, 0.1) is 0 Å². The molecule has 0 aliphatic carbocycles. The number of hydrazine groups is 1. The van der Waals surface area contributed by atoms with Gasteiger partial charge in [-0.3, -0.25) is 0 Å². The maximum absolute atomic E-state index is 11.8. The Balaban J connectivity index is 2.86. The fraction of sp³-hybridized carbons (Fsp3) is 0.700. The third-order valence-corrected chi connectivity index (χ3v) is 2.27. The zero-order chi connectivity index (χ0) is 14.1. The topological polar surface area (TPSA) is 107 Å². The van der Waals surface area contributed by atoms with Gasteiger partial charge in [-0.1, -0.05) is 0 Å². The lowest BCUT2D eigenvalue weighted by Gasteiger charge is -2.28. The predicted octanol–water partition coefficient (Wildman–Crippen LogP) is 0.975. The molecule has 1 unspecified atom stereocenters. The van der Waals surface area contributed by atoms with Crippen LogP contribution in [0.25, 0.3) is 0 Å². The fourth-order valence-electron chi connectivity index (χ4n) is 1.65. The number of rotatable bonds is 1. The quantitative estimate of drug-likeness (QED) is 0.680. The van der Waals surface area contributed by atoms with E-state index in [9.17, 15) is 14.4 Å². The van der Waals surface area contributed by atoms with Gasteiger partial charge in [0, 0.05) is 13.0 Å². The van der Waals surface area contributed by atoms with Crippen molar-refractivity contribution in [2.24, 2.45) is 0 Å². The van der Waals surface area contributed by atoms with Crippen molar-refractivity contribution in [2.45, 2.75) is 38.8 Å². The van der Waals surface area contributed by atoms with Gasteiger partial charge in [-0.25, -0.2) is 19.4 Å². The van der Waals surface area contributed by atoms with Crippen molar-refractivity contribution in [3.63, 3.8) is 0 Å². The maximum Gasteiger partial charge on any atom is 0.427 e. The van der Waals surface area contributed by atoms with Crippen LogP contribution < -0.4 is 0 Å². The lowest BCUT2D eigenvalue weighted by Crippen LogP contribution is -2.50. The van der Waals surface area contributed by atoms with E-state index in [1.54, 1.807) is 20.8 Å². The molecule has 0 aromatic heterocycles. The zero-order valence-corrected chi connectivity index (χ0v) is 10.4. The summed E-state index contributed by atoms with van der Waals surface area (Å²) in [5.41, 5.74) is -0.752. The molecule has 0 aromatic carbocycles. The van der Waals surface area contributed by atoms with Crippen LogP contribution in [0.15, 0.2) is 0 Å². The molecule has 1 aliphatic heterocycles. The van der Waals surface area contributed by atoms with Gasteiger partial charge in [-0.05, 0) is 20.8 Å². The van der Waals surface area contributed by atoms with Crippen molar-refractivity contribution in [3.8, 4) is 0 Å². The zero-order valence-electron chi connectivity index (χ0n) is 10.4. The molecule has 1 heterocycles. The minimum atomic E-state index is -1.49. The Hall–Kier alpha value is -1.99. The van der Waals surface area contributed by atoms with Crippen LogP contribution in [-0.4, -0.2) is 56.6 Å². The van der Waals surface area contributed by atoms with Crippen molar-refractivity contribution in [1.82, 2.24) is 10.0 Å². The third kappa shape index (κ3) is 3.02. The Bertz CT molecular complexity index is 375. The number of hydrogen-bond acceptors (Lipinski definition) is 4. The number of hydrogen-bond donors (Lipinski definition) is 2. The average Bonchev–Trinajstić information content (AvgIpc) is 2.58. The highest BCUT2D eigenvalue weighted by atomic mass is 16.6. The summed E-state index contributed by atoms with van der Waals surface area (Å²) in [5, 5.41) is 18.9. The second-order valence-corrected chi connectivity index (χ2v) is 4.87. The van der Waals surface area contributed by atoms with Gasteiger partial charge in [-0.15, -0.1) is 0 Å². The first-order valence-corrected chi connectivity index (χ1v) is 5.39. The highest BCUT2D eigenvalue weighted by molar-refractivity contribution is 5.83. The van der Waals surface area contributed by atoms with Gasteiger partial charge in [0.1, 0.15) is 5.60 Å². The summed E-state index contributed by atoms with van der Waals surface area (Å²) in [6.07, 6.45) is -2.82. The molecule has 0 bridgehead atoms. The number of ether oxygens (including phenoxy) is 1. The van der Waals surface area contributed by atoms with Crippen molar-refractivity contribution < 1.29 is 29.3 Å². The Morgan fingerprint density at radius 1 is 1.17 bits per heavy atom. The predicted molar refractivity (Wildman–Crippen MR) is 58.8 cm³/mol. The summed E-state index contributed by atoms with van der Waals surface area (Å²) in [7, 11) is 0. The average molecular weight is 260 g/mol. The van der Waals surface area contributed by atoms with Crippen LogP contribution in [0.2, 0.25) is 0 Å². The van der Waals surface area contributed by atoms with Crippen LogP contribution in [0.5, 0.6) is 0 Å².